The van der Waals surface area contributed by atoms with Gasteiger partial charge >= 0.3 is 19.8 Å². The van der Waals surface area contributed by atoms with Crippen LogP contribution < -0.4 is 0 Å². The number of ether oxygens (including phenoxy) is 2. The van der Waals surface area contributed by atoms with Crippen LogP contribution in [0, 0.1) is 0 Å². The van der Waals surface area contributed by atoms with Gasteiger partial charge in [0.1, 0.15) is 6.61 Å². The fourth-order valence-corrected chi connectivity index (χ4v) is 8.59. The van der Waals surface area contributed by atoms with Gasteiger partial charge in [0.15, 0.2) is 6.10 Å². The number of unbranched alkanes of at least 4 members (excludes halogenated alkanes) is 38. The van der Waals surface area contributed by atoms with Gasteiger partial charge in [0, 0.05) is 20.0 Å². The van der Waals surface area contributed by atoms with Crippen molar-refractivity contribution in [2.75, 3.05) is 20.3 Å². The lowest BCUT2D eigenvalue weighted by atomic mass is 10.0. The molecule has 0 amide bonds. The Hall–Kier alpha value is -1.21. The molecule has 0 saturated carbocycles. The Morgan fingerprint density at radius 2 is 0.726 bits per heavy atom. The third kappa shape index (κ3) is 48.3. The Labute approximate surface area is 384 Å². The summed E-state index contributed by atoms with van der Waals surface area (Å²) in [5.74, 6) is -0.785. The monoisotopic (exact) mass is 899 g/mol. The zero-order valence-electron chi connectivity index (χ0n) is 41.3. The molecule has 0 heterocycles. The molecule has 2 atom stereocenters. The lowest BCUT2D eigenvalue weighted by Gasteiger charge is -2.19. The molecule has 0 aromatic rings. The van der Waals surface area contributed by atoms with Gasteiger partial charge in [0.2, 0.25) is 0 Å². The van der Waals surface area contributed by atoms with E-state index in [0.717, 1.165) is 45.6 Å². The molecule has 368 valence electrons. The Morgan fingerprint density at radius 3 is 1.05 bits per heavy atom. The molecule has 0 aromatic carbocycles. The molecule has 1 N–H and O–H groups in total. The highest BCUT2D eigenvalue weighted by Crippen LogP contribution is 2.42. The van der Waals surface area contributed by atoms with Gasteiger partial charge < -0.3 is 14.4 Å². The summed E-state index contributed by atoms with van der Waals surface area (Å²) >= 11 is 0. The summed E-state index contributed by atoms with van der Waals surface area (Å²) < 4.78 is 32.2. The average Bonchev–Trinajstić information content (AvgIpc) is 3.26. The van der Waals surface area contributed by atoms with E-state index in [1.165, 1.54) is 225 Å². The van der Waals surface area contributed by atoms with Gasteiger partial charge in [-0.25, -0.2) is 4.57 Å². The first-order valence-corrected chi connectivity index (χ1v) is 28.4. The van der Waals surface area contributed by atoms with Crippen LogP contribution in [0.15, 0.2) is 12.2 Å². The quantitative estimate of drug-likeness (QED) is 0.0278. The molecule has 2 unspecified atom stereocenters. The molecular weight excluding hydrogens is 796 g/mol. The minimum Gasteiger partial charge on any atom is -0.462 e. The molecule has 62 heavy (non-hydrogen) atoms. The summed E-state index contributed by atoms with van der Waals surface area (Å²) in [6.07, 6.45) is 57.1. The molecule has 0 aliphatic heterocycles. The van der Waals surface area contributed by atoms with Gasteiger partial charge in [0.05, 0.1) is 6.61 Å². The van der Waals surface area contributed by atoms with E-state index in [4.69, 9.17) is 14.0 Å². The molecular formula is C53H103O8P. The van der Waals surface area contributed by atoms with Crippen molar-refractivity contribution in [2.24, 2.45) is 0 Å². The second kappa shape index (κ2) is 49.2. The van der Waals surface area contributed by atoms with Crippen molar-refractivity contribution >= 4 is 19.8 Å². The van der Waals surface area contributed by atoms with Crippen molar-refractivity contribution in [2.45, 2.75) is 296 Å². The van der Waals surface area contributed by atoms with Crippen LogP contribution in [0.2, 0.25) is 0 Å². The van der Waals surface area contributed by atoms with Gasteiger partial charge in [-0.2, -0.15) is 0 Å². The van der Waals surface area contributed by atoms with E-state index in [-0.39, 0.29) is 19.0 Å². The third-order valence-corrected chi connectivity index (χ3v) is 13.2. The fraction of sp³-hybridized carbons (Fsp3) is 0.925. The standard InChI is InChI=1S/C53H103O8P/c1-4-6-8-10-12-14-16-18-20-22-24-26-27-28-30-32-34-36-38-40-42-44-46-48-53(55)61-51(50-60-62(56,57)58-3)49-59-52(54)47-45-43-41-39-37-35-33-31-29-25-23-21-19-17-15-13-11-9-7-5-2/h22,24,51H,4-21,23,25-50H2,1-3H3,(H,56,57)/b24-22-. The molecule has 8 nitrogen and oxygen atoms in total. The number of rotatable bonds is 51. The molecule has 0 radical (unpaired) electrons. The summed E-state index contributed by atoms with van der Waals surface area (Å²) in [5, 5.41) is 0. The van der Waals surface area contributed by atoms with E-state index in [1.54, 1.807) is 0 Å². The van der Waals surface area contributed by atoms with E-state index in [1.807, 2.05) is 0 Å². The van der Waals surface area contributed by atoms with Gasteiger partial charge in [0.25, 0.3) is 0 Å². The van der Waals surface area contributed by atoms with Crippen LogP contribution in [0.25, 0.3) is 0 Å². The minimum absolute atomic E-state index is 0.218. The molecule has 0 fully saturated rings. The smallest absolute Gasteiger partial charge is 0.462 e. The van der Waals surface area contributed by atoms with E-state index in [2.05, 4.69) is 30.5 Å². The second-order valence-corrected chi connectivity index (χ2v) is 19.9. The first-order chi connectivity index (χ1) is 30.3. The molecule has 0 bridgehead atoms. The van der Waals surface area contributed by atoms with Gasteiger partial charge in [-0.15, -0.1) is 0 Å². The predicted octanol–water partition coefficient (Wildman–Crippen LogP) is 17.6. The van der Waals surface area contributed by atoms with Crippen LogP contribution in [-0.2, 0) is 32.7 Å². The van der Waals surface area contributed by atoms with Gasteiger partial charge in [-0.3, -0.25) is 18.6 Å². The van der Waals surface area contributed by atoms with Crippen LogP contribution in [0.3, 0.4) is 0 Å². The average molecular weight is 899 g/mol. The zero-order chi connectivity index (χ0) is 45.3. The van der Waals surface area contributed by atoms with E-state index < -0.39 is 26.5 Å². The molecule has 0 spiro atoms. The van der Waals surface area contributed by atoms with Crippen LogP contribution in [0.4, 0.5) is 0 Å². The Morgan fingerprint density at radius 1 is 0.435 bits per heavy atom. The number of phosphoric acid groups is 1. The van der Waals surface area contributed by atoms with Crippen LogP contribution in [-0.4, -0.2) is 43.3 Å². The number of hydrogen-bond acceptors (Lipinski definition) is 7. The summed E-state index contributed by atoms with van der Waals surface area (Å²) in [4.78, 5) is 34.7. The highest BCUT2D eigenvalue weighted by Gasteiger charge is 2.24. The number of allylic oxidation sites excluding steroid dienone is 2. The SMILES string of the molecule is CCCCCCCCCC/C=C\CCCCCCCCCCCCCC(=O)OC(COC(=O)CCCCCCCCCCCCCCCCCCCCCC)COP(=O)(O)OC. The Balaban J connectivity index is 3.83. The van der Waals surface area contributed by atoms with Crippen molar-refractivity contribution in [1.82, 2.24) is 0 Å². The van der Waals surface area contributed by atoms with E-state index in [9.17, 15) is 19.0 Å². The first kappa shape index (κ1) is 60.8. The number of carbonyl (C=O) groups excluding carboxylic acids is 2. The minimum atomic E-state index is -4.26. The topological polar surface area (TPSA) is 108 Å². The normalized spacial score (nSPS) is 13.2. The Kier molecular flexibility index (Phi) is 48.3. The maximum atomic E-state index is 12.6. The summed E-state index contributed by atoms with van der Waals surface area (Å²) in [6, 6.07) is 0. The van der Waals surface area contributed by atoms with Crippen molar-refractivity contribution in [1.29, 1.82) is 0 Å². The maximum Gasteiger partial charge on any atom is 0.472 e. The predicted molar refractivity (Wildman–Crippen MR) is 263 cm³/mol. The van der Waals surface area contributed by atoms with Gasteiger partial charge in [-0.1, -0.05) is 251 Å². The summed E-state index contributed by atoms with van der Waals surface area (Å²) in [7, 11) is -3.19. The lowest BCUT2D eigenvalue weighted by Crippen LogP contribution is -2.29. The lowest BCUT2D eigenvalue weighted by molar-refractivity contribution is -0.161. The molecule has 9 heteroatoms. The highest BCUT2D eigenvalue weighted by molar-refractivity contribution is 7.47. The number of hydrogen-bond donors (Lipinski definition) is 1. The largest absolute Gasteiger partial charge is 0.472 e. The van der Waals surface area contributed by atoms with E-state index in [0.29, 0.717) is 6.42 Å². The number of phosphoric ester groups is 1. The summed E-state index contributed by atoms with van der Waals surface area (Å²) in [6.45, 7) is 3.95. The van der Waals surface area contributed by atoms with Crippen LogP contribution in [0.5, 0.6) is 0 Å². The van der Waals surface area contributed by atoms with Crippen molar-refractivity contribution in [3.05, 3.63) is 12.2 Å². The molecule has 0 saturated heterocycles. The zero-order valence-corrected chi connectivity index (χ0v) is 42.2. The second-order valence-electron chi connectivity index (χ2n) is 18.4. The van der Waals surface area contributed by atoms with Crippen molar-refractivity contribution < 1.29 is 37.6 Å². The molecule has 0 aliphatic carbocycles. The highest BCUT2D eigenvalue weighted by atomic mass is 31.2. The van der Waals surface area contributed by atoms with Crippen LogP contribution in [0.1, 0.15) is 290 Å². The van der Waals surface area contributed by atoms with Crippen LogP contribution >= 0.6 is 7.82 Å². The van der Waals surface area contributed by atoms with E-state index >= 15 is 0 Å². The third-order valence-electron chi connectivity index (χ3n) is 12.3. The van der Waals surface area contributed by atoms with Gasteiger partial charge in [-0.05, 0) is 38.5 Å². The fourth-order valence-electron chi connectivity index (χ4n) is 8.13. The number of carbonyl (C=O) groups is 2. The molecule has 0 rings (SSSR count). The number of esters is 2. The molecule has 0 aromatic heterocycles. The Bertz CT molecular complexity index is 1020. The maximum absolute atomic E-state index is 12.6. The van der Waals surface area contributed by atoms with Crippen molar-refractivity contribution in [3.8, 4) is 0 Å². The first-order valence-electron chi connectivity index (χ1n) is 26.9. The molecule has 0 aliphatic rings. The summed E-state index contributed by atoms with van der Waals surface area (Å²) in [5.41, 5.74) is 0. The van der Waals surface area contributed by atoms with Crippen molar-refractivity contribution in [3.63, 3.8) is 0 Å².